The summed E-state index contributed by atoms with van der Waals surface area (Å²) in [5, 5.41) is 8.90. The van der Waals surface area contributed by atoms with Gasteiger partial charge in [0, 0.05) is 12.0 Å². The predicted octanol–water partition coefficient (Wildman–Crippen LogP) is 1.40. The Morgan fingerprint density at radius 3 is 2.65 bits per heavy atom. The molecule has 2 rings (SSSR count). The SMILES string of the molecule is CC1=C(C(=O)OC=C(CC2CO2)C(=O)O)CC1. The van der Waals surface area contributed by atoms with Crippen molar-refractivity contribution >= 4 is 11.9 Å². The molecular formula is C12H14O5. The summed E-state index contributed by atoms with van der Waals surface area (Å²) < 4.78 is 9.81. The zero-order chi connectivity index (χ0) is 12.4. The van der Waals surface area contributed by atoms with Crippen LogP contribution in [-0.4, -0.2) is 29.8 Å². The molecule has 1 N–H and O–H groups in total. The topological polar surface area (TPSA) is 76.1 Å². The molecule has 0 spiro atoms. The van der Waals surface area contributed by atoms with E-state index in [0.29, 0.717) is 18.6 Å². The zero-order valence-electron chi connectivity index (χ0n) is 9.56. The minimum Gasteiger partial charge on any atom is -0.478 e. The molecule has 92 valence electrons. The molecule has 5 heteroatoms. The third kappa shape index (κ3) is 2.94. The summed E-state index contributed by atoms with van der Waals surface area (Å²) in [6, 6.07) is 0. The molecular weight excluding hydrogens is 224 g/mol. The van der Waals surface area contributed by atoms with E-state index in [4.69, 9.17) is 14.6 Å². The Kier molecular flexibility index (Phi) is 3.28. The van der Waals surface area contributed by atoms with Crippen molar-refractivity contribution < 1.29 is 24.2 Å². The number of carboxylic acids is 1. The molecule has 0 aromatic rings. The number of hydrogen-bond donors (Lipinski definition) is 1. The highest BCUT2D eigenvalue weighted by molar-refractivity contribution is 5.92. The molecule has 0 saturated carbocycles. The lowest BCUT2D eigenvalue weighted by molar-refractivity contribution is -0.135. The number of carbonyl (C=O) groups is 2. The van der Waals surface area contributed by atoms with E-state index in [1.807, 2.05) is 6.92 Å². The van der Waals surface area contributed by atoms with E-state index in [-0.39, 0.29) is 18.1 Å². The first kappa shape index (κ1) is 11.9. The second-order valence-corrected chi connectivity index (χ2v) is 4.27. The van der Waals surface area contributed by atoms with Gasteiger partial charge in [0.2, 0.25) is 0 Å². The van der Waals surface area contributed by atoms with Crippen molar-refractivity contribution in [3.05, 3.63) is 23.0 Å². The first-order chi connectivity index (χ1) is 8.08. The van der Waals surface area contributed by atoms with Crippen LogP contribution in [0.3, 0.4) is 0 Å². The van der Waals surface area contributed by atoms with Crippen LogP contribution in [0.25, 0.3) is 0 Å². The van der Waals surface area contributed by atoms with Crippen LogP contribution in [0, 0.1) is 0 Å². The summed E-state index contributed by atoms with van der Waals surface area (Å²) in [5.41, 5.74) is 1.75. The molecule has 1 atom stereocenters. The fourth-order valence-corrected chi connectivity index (χ4v) is 1.59. The lowest BCUT2D eigenvalue weighted by atomic mass is 9.90. The van der Waals surface area contributed by atoms with Crippen molar-refractivity contribution in [1.82, 2.24) is 0 Å². The number of rotatable bonds is 5. The number of epoxide rings is 1. The van der Waals surface area contributed by atoms with Crippen LogP contribution >= 0.6 is 0 Å². The van der Waals surface area contributed by atoms with E-state index in [1.54, 1.807) is 0 Å². The number of allylic oxidation sites excluding steroid dienone is 1. The van der Waals surface area contributed by atoms with Gasteiger partial charge in [-0.1, -0.05) is 5.57 Å². The van der Waals surface area contributed by atoms with Gasteiger partial charge in [-0.15, -0.1) is 0 Å². The first-order valence-corrected chi connectivity index (χ1v) is 5.51. The Morgan fingerprint density at radius 1 is 1.53 bits per heavy atom. The molecule has 0 aromatic heterocycles. The van der Waals surface area contributed by atoms with Gasteiger partial charge in [0.25, 0.3) is 0 Å². The van der Waals surface area contributed by atoms with Crippen LogP contribution in [0.5, 0.6) is 0 Å². The Balaban J connectivity index is 1.94. The molecule has 17 heavy (non-hydrogen) atoms. The van der Waals surface area contributed by atoms with Gasteiger partial charge < -0.3 is 14.6 Å². The summed E-state index contributed by atoms with van der Waals surface area (Å²) in [6.45, 7) is 2.45. The van der Waals surface area contributed by atoms with E-state index >= 15 is 0 Å². The Bertz CT molecular complexity index is 415. The van der Waals surface area contributed by atoms with E-state index in [2.05, 4.69) is 0 Å². The summed E-state index contributed by atoms with van der Waals surface area (Å²) in [5.74, 6) is -1.52. The van der Waals surface area contributed by atoms with Gasteiger partial charge in [0.05, 0.1) is 18.3 Å². The second kappa shape index (κ2) is 4.71. The van der Waals surface area contributed by atoms with Gasteiger partial charge in [-0.05, 0) is 19.8 Å². The maximum atomic E-state index is 11.5. The van der Waals surface area contributed by atoms with Crippen molar-refractivity contribution in [2.45, 2.75) is 32.3 Å². The molecule has 5 nitrogen and oxygen atoms in total. The van der Waals surface area contributed by atoms with Crippen molar-refractivity contribution in [2.75, 3.05) is 6.61 Å². The van der Waals surface area contributed by atoms with Crippen LogP contribution in [-0.2, 0) is 19.1 Å². The van der Waals surface area contributed by atoms with Gasteiger partial charge in [-0.3, -0.25) is 0 Å². The fraction of sp³-hybridized carbons (Fsp3) is 0.500. The van der Waals surface area contributed by atoms with Crippen LogP contribution in [0.1, 0.15) is 26.2 Å². The molecule has 1 aliphatic heterocycles. The molecule has 1 saturated heterocycles. The quantitative estimate of drug-likeness (QED) is 0.339. The third-order valence-corrected chi connectivity index (χ3v) is 2.94. The number of ether oxygens (including phenoxy) is 2. The highest BCUT2D eigenvalue weighted by Crippen LogP contribution is 2.28. The molecule has 1 fully saturated rings. The Labute approximate surface area is 98.7 Å². The molecule has 0 amide bonds. The van der Waals surface area contributed by atoms with Crippen LogP contribution in [0.15, 0.2) is 23.0 Å². The number of carboxylic acid groups (broad SMARTS) is 1. The van der Waals surface area contributed by atoms with Gasteiger partial charge >= 0.3 is 11.9 Å². The molecule has 1 unspecified atom stereocenters. The van der Waals surface area contributed by atoms with Crippen molar-refractivity contribution in [2.24, 2.45) is 0 Å². The van der Waals surface area contributed by atoms with E-state index < -0.39 is 11.9 Å². The van der Waals surface area contributed by atoms with Crippen LogP contribution < -0.4 is 0 Å². The molecule has 1 heterocycles. The number of aliphatic carboxylic acids is 1. The second-order valence-electron chi connectivity index (χ2n) is 4.27. The molecule has 0 aromatic carbocycles. The largest absolute Gasteiger partial charge is 0.478 e. The van der Waals surface area contributed by atoms with Crippen molar-refractivity contribution in [3.8, 4) is 0 Å². The third-order valence-electron chi connectivity index (χ3n) is 2.94. The standard InChI is InChI=1S/C12H14O5/c1-7-2-3-10(7)12(15)17-5-8(11(13)14)4-9-6-16-9/h5,9H,2-4,6H2,1H3,(H,13,14). The minimum atomic E-state index is -1.08. The summed E-state index contributed by atoms with van der Waals surface area (Å²) in [7, 11) is 0. The zero-order valence-corrected chi connectivity index (χ0v) is 9.56. The van der Waals surface area contributed by atoms with Crippen molar-refractivity contribution in [3.63, 3.8) is 0 Å². The Hall–Kier alpha value is -1.62. The molecule has 0 radical (unpaired) electrons. The van der Waals surface area contributed by atoms with E-state index in [1.165, 1.54) is 0 Å². The number of esters is 1. The summed E-state index contributed by atoms with van der Waals surface area (Å²) in [6.07, 6.45) is 2.90. The van der Waals surface area contributed by atoms with Crippen molar-refractivity contribution in [1.29, 1.82) is 0 Å². The maximum absolute atomic E-state index is 11.5. The smallest absolute Gasteiger partial charge is 0.338 e. The first-order valence-electron chi connectivity index (χ1n) is 5.51. The average Bonchev–Trinajstić information content (AvgIpc) is 3.05. The highest BCUT2D eigenvalue weighted by atomic mass is 16.6. The Morgan fingerprint density at radius 2 is 2.24 bits per heavy atom. The number of hydrogen-bond acceptors (Lipinski definition) is 4. The van der Waals surface area contributed by atoms with Gasteiger partial charge in [0.1, 0.15) is 6.26 Å². The molecule has 0 bridgehead atoms. The van der Waals surface area contributed by atoms with E-state index in [9.17, 15) is 9.59 Å². The fourth-order valence-electron chi connectivity index (χ4n) is 1.59. The molecule has 1 aliphatic carbocycles. The average molecular weight is 238 g/mol. The lowest BCUT2D eigenvalue weighted by Crippen LogP contribution is -2.14. The van der Waals surface area contributed by atoms with Crippen LogP contribution in [0.4, 0.5) is 0 Å². The van der Waals surface area contributed by atoms with E-state index in [0.717, 1.165) is 18.3 Å². The van der Waals surface area contributed by atoms with Crippen LogP contribution in [0.2, 0.25) is 0 Å². The van der Waals surface area contributed by atoms with Gasteiger partial charge in [0.15, 0.2) is 0 Å². The summed E-state index contributed by atoms with van der Waals surface area (Å²) >= 11 is 0. The lowest BCUT2D eigenvalue weighted by Gasteiger charge is -2.18. The van der Waals surface area contributed by atoms with Gasteiger partial charge in [-0.2, -0.15) is 0 Å². The molecule has 2 aliphatic rings. The maximum Gasteiger partial charge on any atom is 0.338 e. The van der Waals surface area contributed by atoms with Gasteiger partial charge in [-0.25, -0.2) is 9.59 Å². The highest BCUT2D eigenvalue weighted by Gasteiger charge is 2.27. The minimum absolute atomic E-state index is 0.0410. The number of carbonyl (C=O) groups excluding carboxylic acids is 1. The predicted molar refractivity (Wildman–Crippen MR) is 58.1 cm³/mol. The summed E-state index contributed by atoms with van der Waals surface area (Å²) in [4.78, 5) is 22.4. The normalized spacial score (nSPS) is 23.1. The monoisotopic (exact) mass is 238 g/mol.